The fourth-order valence-electron chi connectivity index (χ4n) is 2.93. The molecule has 1 aromatic carbocycles. The molecule has 0 spiro atoms. The number of sulfonamides is 1. The Balaban J connectivity index is 1.65. The summed E-state index contributed by atoms with van der Waals surface area (Å²) in [6, 6.07) is 10.6. The van der Waals surface area contributed by atoms with E-state index in [0.717, 1.165) is 37.3 Å². The summed E-state index contributed by atoms with van der Waals surface area (Å²) in [5.41, 5.74) is 0.775. The van der Waals surface area contributed by atoms with Crippen molar-refractivity contribution in [3.8, 4) is 0 Å². The quantitative estimate of drug-likeness (QED) is 0.796. The first-order chi connectivity index (χ1) is 12.0. The summed E-state index contributed by atoms with van der Waals surface area (Å²) >= 11 is 5.83. The molecule has 7 heteroatoms. The third-order valence-electron chi connectivity index (χ3n) is 4.24. The topological polar surface area (TPSA) is 62.6 Å². The molecule has 1 N–H and O–H groups in total. The number of halogens is 1. The standard InChI is InChI=1S/C18H21ClN2O3S/c19-16-7-5-15(6-8-16)9-13-25(22,23)20-14-17(18-4-3-12-24-18)21-10-1-2-11-21/h3-9,12-13,17,20H,1-2,10-11,14H2. The SMILES string of the molecule is O=S(=O)(C=Cc1ccc(Cl)cc1)NCC(c1ccco1)N1CCCC1. The second kappa shape index (κ2) is 8.19. The molecule has 0 saturated carbocycles. The Morgan fingerprint density at radius 1 is 1.20 bits per heavy atom. The first-order valence-corrected chi connectivity index (χ1v) is 10.2. The molecule has 2 aromatic rings. The Bertz CT molecular complexity index is 795. The first-order valence-electron chi connectivity index (χ1n) is 8.24. The molecule has 1 aliphatic heterocycles. The second-order valence-electron chi connectivity index (χ2n) is 6.02. The van der Waals surface area contributed by atoms with Crippen LogP contribution in [0, 0.1) is 0 Å². The van der Waals surface area contributed by atoms with Crippen LogP contribution in [0.5, 0.6) is 0 Å². The van der Waals surface area contributed by atoms with Gasteiger partial charge in [-0.1, -0.05) is 23.7 Å². The van der Waals surface area contributed by atoms with Gasteiger partial charge in [-0.15, -0.1) is 0 Å². The molecule has 3 rings (SSSR count). The summed E-state index contributed by atoms with van der Waals surface area (Å²) in [6.45, 7) is 2.18. The van der Waals surface area contributed by atoms with Crippen molar-refractivity contribution < 1.29 is 12.8 Å². The zero-order chi connectivity index (χ0) is 17.7. The number of rotatable bonds is 7. The van der Waals surface area contributed by atoms with Crippen molar-refractivity contribution in [2.45, 2.75) is 18.9 Å². The Morgan fingerprint density at radius 3 is 2.56 bits per heavy atom. The lowest BCUT2D eigenvalue weighted by molar-refractivity contribution is 0.216. The molecule has 0 bridgehead atoms. The van der Waals surface area contributed by atoms with Gasteiger partial charge in [0.05, 0.1) is 12.3 Å². The van der Waals surface area contributed by atoms with Crippen molar-refractivity contribution in [1.82, 2.24) is 9.62 Å². The smallest absolute Gasteiger partial charge is 0.233 e. The van der Waals surface area contributed by atoms with E-state index in [1.165, 1.54) is 5.41 Å². The second-order valence-corrected chi connectivity index (χ2v) is 8.11. The van der Waals surface area contributed by atoms with E-state index in [1.54, 1.807) is 36.6 Å². The molecule has 1 atom stereocenters. The molecule has 1 fully saturated rings. The predicted octanol–water partition coefficient (Wildman–Crippen LogP) is 3.66. The van der Waals surface area contributed by atoms with E-state index in [-0.39, 0.29) is 12.6 Å². The van der Waals surface area contributed by atoms with Crippen LogP contribution >= 0.6 is 11.6 Å². The van der Waals surface area contributed by atoms with Crippen molar-refractivity contribution in [3.05, 3.63) is 64.4 Å². The number of benzene rings is 1. The number of hydrogen-bond donors (Lipinski definition) is 1. The van der Waals surface area contributed by atoms with Gasteiger partial charge >= 0.3 is 0 Å². The van der Waals surface area contributed by atoms with Crippen LogP contribution in [-0.4, -0.2) is 33.0 Å². The summed E-state index contributed by atoms with van der Waals surface area (Å²) in [6.07, 6.45) is 5.42. The lowest BCUT2D eigenvalue weighted by Crippen LogP contribution is -2.35. The van der Waals surface area contributed by atoms with Crippen LogP contribution < -0.4 is 4.72 Å². The highest BCUT2D eigenvalue weighted by Gasteiger charge is 2.26. The average molecular weight is 381 g/mol. The molecule has 134 valence electrons. The van der Waals surface area contributed by atoms with Crippen LogP contribution in [0.2, 0.25) is 5.02 Å². The van der Waals surface area contributed by atoms with Crippen molar-refractivity contribution in [2.24, 2.45) is 0 Å². The van der Waals surface area contributed by atoms with Crippen molar-refractivity contribution in [3.63, 3.8) is 0 Å². The van der Waals surface area contributed by atoms with Crippen LogP contribution in [0.4, 0.5) is 0 Å². The van der Waals surface area contributed by atoms with Crippen molar-refractivity contribution >= 4 is 27.7 Å². The maximum absolute atomic E-state index is 12.3. The van der Waals surface area contributed by atoms with E-state index in [4.69, 9.17) is 16.0 Å². The summed E-state index contributed by atoms with van der Waals surface area (Å²) < 4.78 is 32.7. The van der Waals surface area contributed by atoms with Crippen molar-refractivity contribution in [2.75, 3.05) is 19.6 Å². The van der Waals surface area contributed by atoms with Gasteiger partial charge < -0.3 is 4.42 Å². The summed E-state index contributed by atoms with van der Waals surface area (Å²) in [7, 11) is -3.54. The maximum atomic E-state index is 12.3. The molecular weight excluding hydrogens is 360 g/mol. The zero-order valence-corrected chi connectivity index (χ0v) is 15.3. The molecule has 5 nitrogen and oxygen atoms in total. The monoisotopic (exact) mass is 380 g/mol. The Labute approximate surface area is 153 Å². The molecule has 1 aliphatic rings. The highest BCUT2D eigenvalue weighted by atomic mass is 35.5. The normalized spacial score (nSPS) is 17.3. The maximum Gasteiger partial charge on any atom is 0.233 e. The van der Waals surface area contributed by atoms with Gasteiger partial charge in [-0.25, -0.2) is 13.1 Å². The fraction of sp³-hybridized carbons (Fsp3) is 0.333. The number of likely N-dealkylation sites (tertiary alicyclic amines) is 1. The number of nitrogens with one attached hydrogen (secondary N) is 1. The molecular formula is C18H21ClN2O3S. The minimum Gasteiger partial charge on any atom is -0.468 e. The minimum atomic E-state index is -3.54. The first kappa shape index (κ1) is 18.2. The molecule has 1 saturated heterocycles. The van der Waals surface area contributed by atoms with Gasteiger partial charge in [0, 0.05) is 17.0 Å². The summed E-state index contributed by atoms with van der Waals surface area (Å²) in [4.78, 5) is 2.25. The van der Waals surface area contributed by atoms with Crippen LogP contribution in [0.25, 0.3) is 6.08 Å². The molecule has 25 heavy (non-hydrogen) atoms. The molecule has 1 unspecified atom stereocenters. The third kappa shape index (κ3) is 5.19. The van der Waals surface area contributed by atoms with Gasteiger partial charge in [0.2, 0.25) is 10.0 Å². The van der Waals surface area contributed by atoms with Gasteiger partial charge in [0.25, 0.3) is 0 Å². The average Bonchev–Trinajstić information content (AvgIpc) is 3.29. The molecule has 0 radical (unpaired) electrons. The Hall–Kier alpha value is -1.60. The predicted molar refractivity (Wildman–Crippen MR) is 99.7 cm³/mol. The minimum absolute atomic E-state index is 0.0868. The third-order valence-corrected chi connectivity index (χ3v) is 5.56. The fourth-order valence-corrected chi connectivity index (χ4v) is 3.88. The lowest BCUT2D eigenvalue weighted by atomic mass is 10.2. The van der Waals surface area contributed by atoms with E-state index in [9.17, 15) is 8.42 Å². The Morgan fingerprint density at radius 2 is 1.92 bits per heavy atom. The zero-order valence-electron chi connectivity index (χ0n) is 13.8. The summed E-state index contributed by atoms with van der Waals surface area (Å²) in [5.74, 6) is 0.784. The van der Waals surface area contributed by atoms with E-state index >= 15 is 0 Å². The van der Waals surface area contributed by atoms with E-state index < -0.39 is 10.0 Å². The van der Waals surface area contributed by atoms with Gasteiger partial charge in [-0.05, 0) is 61.8 Å². The van der Waals surface area contributed by atoms with Gasteiger partial charge in [-0.2, -0.15) is 0 Å². The number of nitrogens with zero attached hydrogens (tertiary/aromatic N) is 1. The number of hydrogen-bond acceptors (Lipinski definition) is 4. The summed E-state index contributed by atoms with van der Waals surface area (Å²) in [5, 5.41) is 1.80. The highest BCUT2D eigenvalue weighted by Crippen LogP contribution is 2.25. The lowest BCUT2D eigenvalue weighted by Gasteiger charge is -2.25. The molecule has 1 aromatic heterocycles. The van der Waals surface area contributed by atoms with Crippen LogP contribution in [0.15, 0.2) is 52.5 Å². The molecule has 0 aliphatic carbocycles. The number of furan rings is 1. The highest BCUT2D eigenvalue weighted by molar-refractivity contribution is 7.92. The largest absolute Gasteiger partial charge is 0.468 e. The van der Waals surface area contributed by atoms with Crippen LogP contribution in [-0.2, 0) is 10.0 Å². The van der Waals surface area contributed by atoms with Gasteiger partial charge in [-0.3, -0.25) is 4.90 Å². The molecule has 0 amide bonds. The van der Waals surface area contributed by atoms with E-state index in [1.807, 2.05) is 12.1 Å². The van der Waals surface area contributed by atoms with Crippen LogP contribution in [0.3, 0.4) is 0 Å². The van der Waals surface area contributed by atoms with E-state index in [0.29, 0.717) is 5.02 Å². The molecule has 2 heterocycles. The van der Waals surface area contributed by atoms with Gasteiger partial charge in [0.1, 0.15) is 5.76 Å². The van der Waals surface area contributed by atoms with Gasteiger partial charge in [0.15, 0.2) is 0 Å². The van der Waals surface area contributed by atoms with Crippen LogP contribution in [0.1, 0.15) is 30.2 Å². The van der Waals surface area contributed by atoms with Crippen molar-refractivity contribution in [1.29, 1.82) is 0 Å². The van der Waals surface area contributed by atoms with E-state index in [2.05, 4.69) is 9.62 Å². The Kier molecular flexibility index (Phi) is 5.96.